The lowest BCUT2D eigenvalue weighted by Gasteiger charge is -2.43. The lowest BCUT2D eigenvalue weighted by atomic mass is 11.0. The summed E-state index contributed by atoms with van der Waals surface area (Å²) in [6.07, 6.45) is 0. The van der Waals surface area contributed by atoms with Crippen molar-refractivity contribution in [3.63, 3.8) is 0 Å². The maximum atomic E-state index is 5.59. The van der Waals surface area contributed by atoms with Crippen LogP contribution in [-0.2, 0) is 26.6 Å². The predicted molar refractivity (Wildman–Crippen MR) is 141 cm³/mol. The Morgan fingerprint density at radius 2 is 1.04 bits per heavy atom. The molecule has 0 bridgehead atoms. The van der Waals surface area contributed by atoms with Crippen molar-refractivity contribution in [3.05, 3.63) is 0 Å². The number of rotatable bonds is 13. The van der Waals surface area contributed by atoms with E-state index in [4.69, 9.17) is 26.6 Å². The maximum absolute atomic E-state index is 5.59. The van der Waals surface area contributed by atoms with Gasteiger partial charge in [-0.25, -0.2) is 0 Å². The van der Waals surface area contributed by atoms with Gasteiger partial charge in [0.2, 0.25) is 0 Å². The van der Waals surface area contributed by atoms with E-state index in [1.165, 1.54) is 19.7 Å². The fourth-order valence-corrected chi connectivity index (χ4v) is 40.5. The molecule has 0 saturated heterocycles. The molecule has 0 heterocycles. The van der Waals surface area contributed by atoms with Crippen LogP contribution in [0.2, 0.25) is 6.04 Å². The zero-order valence-corrected chi connectivity index (χ0v) is 25.1. The lowest BCUT2D eigenvalue weighted by molar-refractivity contribution is 0.125. The Bertz CT molecular complexity index is 305. The van der Waals surface area contributed by atoms with Crippen molar-refractivity contribution >= 4 is 86.9 Å². The first-order valence-electron chi connectivity index (χ1n) is 6.97. The van der Waals surface area contributed by atoms with Crippen LogP contribution in [0.5, 0.6) is 0 Å². The highest BCUT2D eigenvalue weighted by Crippen LogP contribution is 2.81. The summed E-state index contributed by atoms with van der Waals surface area (Å²) >= 11 is 8.44. The Kier molecular flexibility index (Phi) is 28.0. The van der Waals surface area contributed by atoms with Gasteiger partial charge in [0.15, 0.2) is 0 Å². The Hall–Kier alpha value is 2.56. The molecule has 27 heavy (non-hydrogen) atoms. The van der Waals surface area contributed by atoms with Crippen LogP contribution in [0.25, 0.3) is 0 Å². The van der Waals surface area contributed by atoms with Crippen molar-refractivity contribution in [3.8, 4) is 0 Å². The van der Waals surface area contributed by atoms with E-state index in [1.807, 2.05) is 6.92 Å². The molecule has 0 spiro atoms. The second-order valence-corrected chi connectivity index (χ2v) is 28.1. The van der Waals surface area contributed by atoms with Gasteiger partial charge in [0.25, 0.3) is 0 Å². The first-order valence-corrected chi connectivity index (χ1v) is 20.6. The summed E-state index contributed by atoms with van der Waals surface area (Å²) < 4.78 is 32.0. The monoisotopic (exact) mass is 560 g/mol. The number of thiol groups is 2. The molecule has 8 nitrogen and oxygen atoms in total. The number of hydrogen-bond donors (Lipinski definition) is 4. The fourth-order valence-electron chi connectivity index (χ4n) is 1.78. The Balaban J connectivity index is -0.000000208. The predicted octanol–water partition coefficient (Wildman–Crippen LogP) is 5.68. The van der Waals surface area contributed by atoms with E-state index < -0.39 is 24.3 Å². The summed E-state index contributed by atoms with van der Waals surface area (Å²) in [5, 5.41) is 0. The zero-order chi connectivity index (χ0) is 20.0. The fraction of sp³-hybridized carbons (Fsp3) is 1.00. The van der Waals surface area contributed by atoms with Gasteiger partial charge in [-0.1, -0.05) is 44.7 Å². The standard InChI is InChI=1S/C5H16O3S7Si.C5H14O3Si.2H3N/c1-5-15(13-11-9,14-12-10)16(6-2,7-3)8-4;1-5-9(6-2,7-3)8-4;;/h9-10H,5H2,1-4H3;5H2,1-4H3;2*1H3. The number of hydrogen-bond acceptors (Lipinski definition) is 14. The summed E-state index contributed by atoms with van der Waals surface area (Å²) in [7, 11) is 9.79. The van der Waals surface area contributed by atoms with Crippen LogP contribution in [0, 0.1) is 0 Å². The van der Waals surface area contributed by atoms with Crippen LogP contribution in [0.15, 0.2) is 0 Å². The second kappa shape index (κ2) is 20.5. The summed E-state index contributed by atoms with van der Waals surface area (Å²) in [4.78, 5) is 0. The maximum Gasteiger partial charge on any atom is 0.575 e. The van der Waals surface area contributed by atoms with Gasteiger partial charge in [-0.15, -0.1) is 0 Å². The van der Waals surface area contributed by atoms with Crippen molar-refractivity contribution in [2.24, 2.45) is 0 Å². The third-order valence-electron chi connectivity index (χ3n) is 3.16. The molecule has 172 valence electrons. The van der Waals surface area contributed by atoms with Gasteiger partial charge >= 0.3 is 16.8 Å². The molecule has 0 aromatic carbocycles. The average molecular weight is 561 g/mol. The van der Waals surface area contributed by atoms with Gasteiger partial charge in [0.1, 0.15) is 0 Å². The molecule has 0 rings (SSSR count). The minimum atomic E-state index is -2.67. The van der Waals surface area contributed by atoms with E-state index in [9.17, 15) is 0 Å². The van der Waals surface area contributed by atoms with Gasteiger partial charge < -0.3 is 38.9 Å². The molecule has 0 saturated carbocycles. The molecule has 0 aliphatic heterocycles. The van der Waals surface area contributed by atoms with E-state index >= 15 is 0 Å². The Morgan fingerprint density at radius 1 is 0.704 bits per heavy atom. The molecule has 0 aromatic rings. The minimum absolute atomic E-state index is 0. The summed E-state index contributed by atoms with van der Waals surface area (Å²) in [6, 6.07) is 0.816. The molecule has 0 radical (unpaired) electrons. The highest BCUT2D eigenvalue weighted by atomic mass is 34.0. The van der Waals surface area contributed by atoms with Gasteiger partial charge in [0, 0.05) is 48.7 Å². The first-order chi connectivity index (χ1) is 11.9. The highest BCUT2D eigenvalue weighted by molar-refractivity contribution is 9.57. The lowest BCUT2D eigenvalue weighted by Crippen LogP contribution is -2.46. The molecule has 0 fully saturated rings. The molecule has 17 heteroatoms. The van der Waals surface area contributed by atoms with Crippen LogP contribution in [-0.4, -0.2) is 65.2 Å². The smallest absolute Gasteiger partial charge is 0.377 e. The van der Waals surface area contributed by atoms with Crippen molar-refractivity contribution < 1.29 is 26.6 Å². The third-order valence-corrected chi connectivity index (χ3v) is 35.9. The summed E-state index contributed by atoms with van der Waals surface area (Å²) in [5.41, 5.74) is 0. The second-order valence-electron chi connectivity index (χ2n) is 3.95. The highest BCUT2D eigenvalue weighted by Gasteiger charge is 2.57. The van der Waals surface area contributed by atoms with Crippen molar-refractivity contribution in [2.75, 3.05) is 48.4 Å². The summed E-state index contributed by atoms with van der Waals surface area (Å²) in [5.74, 6) is 0.922. The zero-order valence-electron chi connectivity index (χ0n) is 17.2. The van der Waals surface area contributed by atoms with Crippen LogP contribution in [0.1, 0.15) is 13.8 Å². The molecule has 0 aliphatic carbocycles. The SMILES string of the molecule is CCS(SSS)(SSS)[Si](OC)(OC)OC.CC[Si](OC)(OC)OC.N.N. The van der Waals surface area contributed by atoms with E-state index in [1.54, 1.807) is 62.3 Å². The molecule has 0 amide bonds. The molecular formula is C10H36N2O6S7Si2. The molecule has 6 N–H and O–H groups in total. The molecule has 0 atom stereocenters. The normalized spacial score (nSPS) is 12.4. The van der Waals surface area contributed by atoms with Crippen molar-refractivity contribution in [1.29, 1.82) is 0 Å². The van der Waals surface area contributed by atoms with E-state index in [0.29, 0.717) is 0 Å². The van der Waals surface area contributed by atoms with Gasteiger partial charge in [-0.05, 0) is 45.1 Å². The van der Waals surface area contributed by atoms with E-state index in [0.717, 1.165) is 11.8 Å². The van der Waals surface area contributed by atoms with Crippen LogP contribution < -0.4 is 12.3 Å². The third kappa shape index (κ3) is 10.6. The first kappa shape index (κ1) is 36.9. The Labute approximate surface area is 192 Å². The van der Waals surface area contributed by atoms with Crippen molar-refractivity contribution in [1.82, 2.24) is 12.3 Å². The topological polar surface area (TPSA) is 125 Å². The summed E-state index contributed by atoms with van der Waals surface area (Å²) in [6.45, 7) is 4.10. The molecule has 0 aromatic heterocycles. The largest absolute Gasteiger partial charge is 0.575 e. The molecule has 0 unspecified atom stereocenters. The van der Waals surface area contributed by atoms with Gasteiger partial charge in [0.05, 0.1) is 0 Å². The van der Waals surface area contributed by atoms with Crippen LogP contribution in [0.3, 0.4) is 0 Å². The molecule has 0 aliphatic rings. The molecular weight excluding hydrogens is 525 g/mol. The quantitative estimate of drug-likeness (QED) is 0.126. The van der Waals surface area contributed by atoms with Gasteiger partial charge in [-0.3, -0.25) is 0 Å². The Morgan fingerprint density at radius 3 is 1.15 bits per heavy atom. The van der Waals surface area contributed by atoms with Crippen LogP contribution in [0.4, 0.5) is 0 Å². The van der Waals surface area contributed by atoms with Gasteiger partial charge in [-0.2, -0.15) is 0 Å². The average Bonchev–Trinajstić information content (AvgIpc) is 2.66. The minimum Gasteiger partial charge on any atom is -0.377 e. The van der Waals surface area contributed by atoms with Crippen molar-refractivity contribution in [2.45, 2.75) is 19.9 Å². The van der Waals surface area contributed by atoms with E-state index in [-0.39, 0.29) is 12.3 Å². The van der Waals surface area contributed by atoms with E-state index in [2.05, 4.69) is 30.2 Å². The van der Waals surface area contributed by atoms with Crippen LogP contribution >= 0.6 is 70.2 Å².